The molecule has 146 valence electrons. The minimum Gasteiger partial charge on any atom is -0.385 e. The van der Waals surface area contributed by atoms with E-state index in [4.69, 9.17) is 4.74 Å². The summed E-state index contributed by atoms with van der Waals surface area (Å²) >= 11 is 0. The summed E-state index contributed by atoms with van der Waals surface area (Å²) in [4.78, 5) is 3.17. The summed E-state index contributed by atoms with van der Waals surface area (Å²) in [5.41, 5.74) is 3.51. The monoisotopic (exact) mass is 370 g/mol. The number of aliphatic hydroxyl groups excluding tert-OH is 1. The molecule has 3 N–H and O–H groups in total. The van der Waals surface area contributed by atoms with E-state index in [1.54, 1.807) is 4.90 Å². The first-order valence-electron chi connectivity index (χ1n) is 10.2. The standard InChI is InChI=1S/C23H32N2O2/c1-3-24-13-15-25(16-14-24)17-21(26)18-27-23(20-10-5-4-6-11-20)22-12-8-7-9-19(22)2/h4-12,21,23,26H,3,13-18H2,1-2H3/p+2/t21-,23+/m1/s1. The summed E-state index contributed by atoms with van der Waals surface area (Å²) in [7, 11) is 0. The highest BCUT2D eigenvalue weighted by Gasteiger charge is 2.25. The van der Waals surface area contributed by atoms with E-state index in [9.17, 15) is 5.11 Å². The molecule has 1 fully saturated rings. The van der Waals surface area contributed by atoms with E-state index in [-0.39, 0.29) is 6.10 Å². The van der Waals surface area contributed by atoms with Gasteiger partial charge in [-0.1, -0.05) is 54.6 Å². The molecule has 4 heteroatoms. The second kappa shape index (κ2) is 10.00. The molecule has 2 atom stereocenters. The van der Waals surface area contributed by atoms with E-state index in [0.717, 1.165) is 25.2 Å². The van der Waals surface area contributed by atoms with Crippen LogP contribution in [0.3, 0.4) is 0 Å². The van der Waals surface area contributed by atoms with Crippen molar-refractivity contribution in [3.8, 4) is 0 Å². The number of hydrogen-bond donors (Lipinski definition) is 3. The topological polar surface area (TPSA) is 38.3 Å². The van der Waals surface area contributed by atoms with Crippen LogP contribution in [0.5, 0.6) is 0 Å². The highest BCUT2D eigenvalue weighted by Crippen LogP contribution is 2.28. The van der Waals surface area contributed by atoms with Gasteiger partial charge >= 0.3 is 0 Å². The number of nitrogens with one attached hydrogen (secondary N) is 2. The summed E-state index contributed by atoms with van der Waals surface area (Å²) in [5, 5.41) is 10.6. The zero-order valence-corrected chi connectivity index (χ0v) is 16.7. The highest BCUT2D eigenvalue weighted by atomic mass is 16.5. The van der Waals surface area contributed by atoms with Crippen LogP contribution in [-0.4, -0.2) is 57.1 Å². The van der Waals surface area contributed by atoms with Gasteiger partial charge in [-0.3, -0.25) is 0 Å². The van der Waals surface area contributed by atoms with Crippen LogP contribution < -0.4 is 9.80 Å². The number of rotatable bonds is 8. The van der Waals surface area contributed by atoms with Crippen molar-refractivity contribution in [2.75, 3.05) is 45.9 Å². The zero-order chi connectivity index (χ0) is 19.1. The van der Waals surface area contributed by atoms with Crippen LogP contribution >= 0.6 is 0 Å². The second-order valence-electron chi connectivity index (χ2n) is 7.69. The third kappa shape index (κ3) is 5.63. The van der Waals surface area contributed by atoms with Gasteiger partial charge in [0, 0.05) is 0 Å². The highest BCUT2D eigenvalue weighted by molar-refractivity contribution is 5.35. The van der Waals surface area contributed by atoms with Crippen LogP contribution in [0.4, 0.5) is 0 Å². The van der Waals surface area contributed by atoms with Gasteiger partial charge in [0.25, 0.3) is 0 Å². The summed E-state index contributed by atoms with van der Waals surface area (Å²) in [6.45, 7) is 11.4. The number of aliphatic hydroxyl groups is 1. The van der Waals surface area contributed by atoms with Crippen molar-refractivity contribution in [1.82, 2.24) is 0 Å². The Morgan fingerprint density at radius 3 is 2.22 bits per heavy atom. The molecule has 1 aliphatic heterocycles. The molecular weight excluding hydrogens is 336 g/mol. The summed E-state index contributed by atoms with van der Waals surface area (Å²) in [5.74, 6) is 0. The van der Waals surface area contributed by atoms with E-state index >= 15 is 0 Å². The fourth-order valence-corrected chi connectivity index (χ4v) is 3.99. The number of likely N-dealkylation sites (N-methyl/N-ethyl adjacent to an activating group) is 1. The van der Waals surface area contributed by atoms with Crippen molar-refractivity contribution in [1.29, 1.82) is 0 Å². The van der Waals surface area contributed by atoms with Crippen LogP contribution in [-0.2, 0) is 4.74 Å². The minimum atomic E-state index is -0.432. The fraction of sp³-hybridized carbons (Fsp3) is 0.478. The van der Waals surface area contributed by atoms with Crippen molar-refractivity contribution in [2.24, 2.45) is 0 Å². The minimum absolute atomic E-state index is 0.140. The van der Waals surface area contributed by atoms with E-state index in [1.165, 1.54) is 35.7 Å². The normalized spacial score (nSPS) is 22.3. The van der Waals surface area contributed by atoms with E-state index in [2.05, 4.69) is 50.2 Å². The number of aryl methyl sites for hydroxylation is 1. The number of benzene rings is 2. The van der Waals surface area contributed by atoms with Crippen molar-refractivity contribution in [3.05, 3.63) is 71.3 Å². The lowest BCUT2D eigenvalue weighted by Gasteiger charge is -2.30. The molecule has 0 aliphatic carbocycles. The van der Waals surface area contributed by atoms with Crippen LogP contribution in [0.15, 0.2) is 54.6 Å². The molecule has 0 unspecified atom stereocenters. The Balaban J connectivity index is 1.61. The average molecular weight is 371 g/mol. The maximum Gasteiger partial charge on any atom is 0.127 e. The third-order valence-electron chi connectivity index (χ3n) is 5.72. The molecule has 0 bridgehead atoms. The molecule has 1 heterocycles. The molecule has 0 saturated carbocycles. The Kier molecular flexibility index (Phi) is 7.41. The maximum absolute atomic E-state index is 10.6. The molecular formula is C23H34N2O2+2. The molecule has 2 aromatic rings. The van der Waals surface area contributed by atoms with Gasteiger partial charge in [0.15, 0.2) is 0 Å². The first-order chi connectivity index (χ1) is 13.2. The van der Waals surface area contributed by atoms with Crippen molar-refractivity contribution >= 4 is 0 Å². The lowest BCUT2D eigenvalue weighted by molar-refractivity contribution is -1.01. The van der Waals surface area contributed by atoms with Crippen molar-refractivity contribution in [3.63, 3.8) is 0 Å². The van der Waals surface area contributed by atoms with E-state index in [0.29, 0.717) is 6.61 Å². The summed E-state index contributed by atoms with van der Waals surface area (Å²) < 4.78 is 6.27. The van der Waals surface area contributed by atoms with Crippen LogP contribution in [0, 0.1) is 6.92 Å². The molecule has 0 radical (unpaired) electrons. The molecule has 0 amide bonds. The second-order valence-corrected chi connectivity index (χ2v) is 7.69. The third-order valence-corrected chi connectivity index (χ3v) is 5.72. The summed E-state index contributed by atoms with van der Waals surface area (Å²) in [6.07, 6.45) is -0.572. The maximum atomic E-state index is 10.6. The van der Waals surface area contributed by atoms with Gasteiger partial charge in [0.05, 0.1) is 13.2 Å². The number of hydrogen-bond acceptors (Lipinski definition) is 2. The van der Waals surface area contributed by atoms with Gasteiger partial charge in [-0.2, -0.15) is 0 Å². The number of ether oxygens (including phenoxy) is 1. The Labute approximate surface area is 163 Å². The van der Waals surface area contributed by atoms with Crippen molar-refractivity contribution < 1.29 is 19.6 Å². The fourth-order valence-electron chi connectivity index (χ4n) is 3.99. The molecule has 3 rings (SSSR count). The van der Waals surface area contributed by atoms with Gasteiger partial charge < -0.3 is 19.6 Å². The lowest BCUT2D eigenvalue weighted by atomic mass is 9.97. The number of piperazine rings is 1. The number of quaternary nitrogens is 2. The smallest absolute Gasteiger partial charge is 0.127 e. The molecule has 0 spiro atoms. The summed E-state index contributed by atoms with van der Waals surface area (Å²) in [6, 6.07) is 18.6. The molecule has 4 nitrogen and oxygen atoms in total. The molecule has 0 aromatic heterocycles. The van der Waals surface area contributed by atoms with Crippen molar-refractivity contribution in [2.45, 2.75) is 26.1 Å². The van der Waals surface area contributed by atoms with Crippen LogP contribution in [0.2, 0.25) is 0 Å². The van der Waals surface area contributed by atoms with E-state index in [1.807, 2.05) is 18.2 Å². The predicted octanol–water partition coefficient (Wildman–Crippen LogP) is 0.265. The van der Waals surface area contributed by atoms with Gasteiger partial charge in [-0.05, 0) is 30.5 Å². The Morgan fingerprint density at radius 1 is 0.926 bits per heavy atom. The first-order valence-corrected chi connectivity index (χ1v) is 10.2. The lowest BCUT2D eigenvalue weighted by Crippen LogP contribution is -3.28. The van der Waals surface area contributed by atoms with Crippen LogP contribution in [0.25, 0.3) is 0 Å². The quantitative estimate of drug-likeness (QED) is 0.624. The Hall–Kier alpha value is -1.72. The van der Waals surface area contributed by atoms with Gasteiger partial charge in [0.1, 0.15) is 44.9 Å². The van der Waals surface area contributed by atoms with Crippen LogP contribution in [0.1, 0.15) is 29.7 Å². The van der Waals surface area contributed by atoms with E-state index < -0.39 is 6.10 Å². The molecule has 2 aromatic carbocycles. The van der Waals surface area contributed by atoms with Gasteiger partial charge in [-0.25, -0.2) is 0 Å². The van der Waals surface area contributed by atoms with Gasteiger partial charge in [0.2, 0.25) is 0 Å². The zero-order valence-electron chi connectivity index (χ0n) is 16.7. The first kappa shape index (κ1) is 20.0. The molecule has 1 aliphatic rings. The molecule has 27 heavy (non-hydrogen) atoms. The largest absolute Gasteiger partial charge is 0.385 e. The average Bonchev–Trinajstić information content (AvgIpc) is 2.71. The van der Waals surface area contributed by atoms with Gasteiger partial charge in [-0.15, -0.1) is 0 Å². The SMILES string of the molecule is CC[NH+]1CC[NH+](C[C@@H](O)CO[C@@H](c2ccccc2)c2ccccc2C)CC1. The Bertz CT molecular complexity index is 684. The molecule has 1 saturated heterocycles. The predicted molar refractivity (Wildman–Crippen MR) is 108 cm³/mol. The Morgan fingerprint density at radius 2 is 1.56 bits per heavy atom.